The van der Waals surface area contributed by atoms with Gasteiger partial charge < -0.3 is 5.11 Å². The predicted molar refractivity (Wildman–Crippen MR) is 58.6 cm³/mol. The Morgan fingerprint density at radius 3 is 2.79 bits per heavy atom. The van der Waals surface area contributed by atoms with Crippen molar-refractivity contribution in [1.29, 1.82) is 0 Å². The number of rotatable bonds is 5. The number of hydrogen-bond acceptors (Lipinski definition) is 2. The Labute approximate surface area is 88.6 Å². The van der Waals surface area contributed by atoms with Crippen molar-refractivity contribution >= 4 is 17.3 Å². The van der Waals surface area contributed by atoms with E-state index < -0.39 is 5.97 Å². The number of aryl methyl sites for hydroxylation is 1. The molecule has 2 unspecified atom stereocenters. The molecular formula is C11H16O2S. The number of carbonyl (C=O) groups is 1. The van der Waals surface area contributed by atoms with Gasteiger partial charge in [-0.2, -0.15) is 0 Å². The lowest BCUT2D eigenvalue weighted by molar-refractivity contribution is -0.142. The summed E-state index contributed by atoms with van der Waals surface area (Å²) in [5.74, 6) is -0.687. The van der Waals surface area contributed by atoms with Crippen LogP contribution in [0.1, 0.15) is 25.1 Å². The molecule has 1 aromatic heterocycles. The largest absolute Gasteiger partial charge is 0.481 e. The van der Waals surface area contributed by atoms with Crippen LogP contribution >= 0.6 is 11.3 Å². The average molecular weight is 212 g/mol. The molecule has 2 nitrogen and oxygen atoms in total. The van der Waals surface area contributed by atoms with Gasteiger partial charge in [0.2, 0.25) is 0 Å². The van der Waals surface area contributed by atoms with E-state index in [9.17, 15) is 4.79 Å². The highest BCUT2D eigenvalue weighted by atomic mass is 32.1. The lowest BCUT2D eigenvalue weighted by Crippen LogP contribution is -2.18. The highest BCUT2D eigenvalue weighted by Gasteiger charge is 2.18. The fourth-order valence-corrected chi connectivity index (χ4v) is 2.04. The maximum Gasteiger partial charge on any atom is 0.306 e. The number of carboxylic acids is 1. The zero-order valence-electron chi connectivity index (χ0n) is 8.56. The zero-order chi connectivity index (χ0) is 10.6. The van der Waals surface area contributed by atoms with Gasteiger partial charge in [0.1, 0.15) is 0 Å². The molecule has 1 heterocycles. The van der Waals surface area contributed by atoms with Crippen LogP contribution in [0.15, 0.2) is 17.5 Å². The summed E-state index contributed by atoms with van der Waals surface area (Å²) in [4.78, 5) is 12.0. The molecule has 1 N–H and O–H groups in total. The first-order valence-electron chi connectivity index (χ1n) is 4.86. The molecule has 1 rings (SSSR count). The van der Waals surface area contributed by atoms with Crippen LogP contribution in [0.25, 0.3) is 0 Å². The molecule has 0 aliphatic carbocycles. The molecule has 14 heavy (non-hydrogen) atoms. The van der Waals surface area contributed by atoms with Crippen LogP contribution in [0.2, 0.25) is 0 Å². The van der Waals surface area contributed by atoms with Crippen LogP contribution in [0.4, 0.5) is 0 Å². The second kappa shape index (κ2) is 5.15. The van der Waals surface area contributed by atoms with Gasteiger partial charge in [0.05, 0.1) is 5.92 Å². The Bertz CT molecular complexity index is 279. The van der Waals surface area contributed by atoms with Gasteiger partial charge in [0, 0.05) is 4.88 Å². The topological polar surface area (TPSA) is 37.3 Å². The molecule has 1 aromatic rings. The van der Waals surface area contributed by atoms with Crippen molar-refractivity contribution in [3.05, 3.63) is 22.4 Å². The summed E-state index contributed by atoms with van der Waals surface area (Å²) in [5.41, 5.74) is 0. The van der Waals surface area contributed by atoms with E-state index in [2.05, 4.69) is 11.4 Å². The van der Waals surface area contributed by atoms with Crippen molar-refractivity contribution in [2.24, 2.45) is 11.8 Å². The number of thiophene rings is 1. The van der Waals surface area contributed by atoms with Crippen LogP contribution in [0, 0.1) is 11.8 Å². The van der Waals surface area contributed by atoms with E-state index in [0.717, 1.165) is 12.8 Å². The highest BCUT2D eigenvalue weighted by molar-refractivity contribution is 7.09. The third-order valence-corrected chi connectivity index (χ3v) is 3.61. The van der Waals surface area contributed by atoms with Crippen molar-refractivity contribution in [1.82, 2.24) is 0 Å². The molecule has 0 radical (unpaired) electrons. The normalized spacial score (nSPS) is 15.0. The highest BCUT2D eigenvalue weighted by Crippen LogP contribution is 2.20. The molecular weight excluding hydrogens is 196 g/mol. The molecule has 0 aromatic carbocycles. The summed E-state index contributed by atoms with van der Waals surface area (Å²) in [5, 5.41) is 10.9. The SMILES string of the molecule is CC(CCc1cccs1)C(C)C(=O)O. The van der Waals surface area contributed by atoms with E-state index in [4.69, 9.17) is 5.11 Å². The number of carboxylic acid groups (broad SMARTS) is 1. The Morgan fingerprint density at radius 1 is 1.57 bits per heavy atom. The first-order chi connectivity index (χ1) is 6.61. The van der Waals surface area contributed by atoms with E-state index in [0.29, 0.717) is 0 Å². The van der Waals surface area contributed by atoms with Gasteiger partial charge in [0.25, 0.3) is 0 Å². The Hall–Kier alpha value is -0.830. The first-order valence-corrected chi connectivity index (χ1v) is 5.74. The predicted octanol–water partition coefficient (Wildman–Crippen LogP) is 3.04. The summed E-state index contributed by atoms with van der Waals surface area (Å²) < 4.78 is 0. The smallest absolute Gasteiger partial charge is 0.306 e. The molecule has 3 heteroatoms. The maximum atomic E-state index is 10.7. The molecule has 0 amide bonds. The first kappa shape index (κ1) is 11.2. The van der Waals surface area contributed by atoms with Crippen LogP contribution in [-0.2, 0) is 11.2 Å². The van der Waals surface area contributed by atoms with E-state index >= 15 is 0 Å². The zero-order valence-corrected chi connectivity index (χ0v) is 9.38. The minimum absolute atomic E-state index is 0.241. The van der Waals surface area contributed by atoms with Gasteiger partial charge in [0.15, 0.2) is 0 Å². The maximum absolute atomic E-state index is 10.7. The van der Waals surface area contributed by atoms with E-state index in [1.54, 1.807) is 18.3 Å². The van der Waals surface area contributed by atoms with E-state index in [1.165, 1.54) is 4.88 Å². The summed E-state index contributed by atoms with van der Waals surface area (Å²) in [6, 6.07) is 4.13. The molecule has 2 atom stereocenters. The van der Waals surface area contributed by atoms with Gasteiger partial charge in [-0.05, 0) is 30.2 Å². The molecule has 0 saturated heterocycles. The Balaban J connectivity index is 2.34. The minimum Gasteiger partial charge on any atom is -0.481 e. The van der Waals surface area contributed by atoms with Gasteiger partial charge in [-0.15, -0.1) is 11.3 Å². The average Bonchev–Trinajstić information content (AvgIpc) is 2.65. The van der Waals surface area contributed by atoms with Gasteiger partial charge >= 0.3 is 5.97 Å². The Morgan fingerprint density at radius 2 is 2.29 bits per heavy atom. The quantitative estimate of drug-likeness (QED) is 0.814. The van der Waals surface area contributed by atoms with Crippen LogP contribution in [0.3, 0.4) is 0 Å². The molecule has 0 fully saturated rings. The second-order valence-corrected chi connectivity index (χ2v) is 4.75. The molecule has 0 aliphatic heterocycles. The van der Waals surface area contributed by atoms with E-state index in [1.807, 2.05) is 13.0 Å². The lowest BCUT2D eigenvalue weighted by Gasteiger charge is -2.14. The number of hydrogen-bond donors (Lipinski definition) is 1. The minimum atomic E-state index is -0.691. The lowest BCUT2D eigenvalue weighted by atomic mass is 9.91. The summed E-state index contributed by atoms with van der Waals surface area (Å²) >= 11 is 1.74. The van der Waals surface area contributed by atoms with E-state index in [-0.39, 0.29) is 11.8 Å². The standard InChI is InChI=1S/C11H16O2S/c1-8(9(2)11(12)13)5-6-10-4-3-7-14-10/h3-4,7-9H,5-6H2,1-2H3,(H,12,13). The third-order valence-electron chi connectivity index (χ3n) is 2.67. The monoisotopic (exact) mass is 212 g/mol. The Kier molecular flexibility index (Phi) is 4.14. The van der Waals surface area contributed by atoms with Crippen molar-refractivity contribution in [2.75, 3.05) is 0 Å². The molecule has 78 valence electrons. The fourth-order valence-electron chi connectivity index (χ4n) is 1.32. The molecule has 0 bridgehead atoms. The van der Waals surface area contributed by atoms with Crippen molar-refractivity contribution < 1.29 is 9.90 Å². The van der Waals surface area contributed by atoms with Crippen LogP contribution < -0.4 is 0 Å². The van der Waals surface area contributed by atoms with Gasteiger partial charge in [-0.25, -0.2) is 0 Å². The van der Waals surface area contributed by atoms with Crippen LogP contribution in [0.5, 0.6) is 0 Å². The second-order valence-electron chi connectivity index (χ2n) is 3.72. The summed E-state index contributed by atoms with van der Waals surface area (Å²) in [6.07, 6.45) is 1.95. The van der Waals surface area contributed by atoms with Crippen LogP contribution in [-0.4, -0.2) is 11.1 Å². The van der Waals surface area contributed by atoms with Crippen molar-refractivity contribution in [3.8, 4) is 0 Å². The molecule has 0 spiro atoms. The molecule has 0 aliphatic rings. The summed E-state index contributed by atoms with van der Waals surface area (Å²) in [6.45, 7) is 3.79. The van der Waals surface area contributed by atoms with Crippen molar-refractivity contribution in [2.45, 2.75) is 26.7 Å². The fraction of sp³-hybridized carbons (Fsp3) is 0.545. The van der Waals surface area contributed by atoms with Crippen molar-refractivity contribution in [3.63, 3.8) is 0 Å². The summed E-state index contributed by atoms with van der Waals surface area (Å²) in [7, 11) is 0. The molecule has 0 saturated carbocycles. The van der Waals surface area contributed by atoms with Gasteiger partial charge in [-0.1, -0.05) is 19.9 Å². The van der Waals surface area contributed by atoms with Gasteiger partial charge in [-0.3, -0.25) is 4.79 Å². The number of aliphatic carboxylic acids is 1. The third kappa shape index (κ3) is 3.14.